The summed E-state index contributed by atoms with van der Waals surface area (Å²) in [6.07, 6.45) is 1.58. The average molecular weight is 396 g/mol. The number of hydrogen-bond acceptors (Lipinski definition) is 6. The number of anilines is 1. The predicted octanol–water partition coefficient (Wildman–Crippen LogP) is 0.801. The molecule has 2 aliphatic heterocycles. The maximum absolute atomic E-state index is 12.3. The van der Waals surface area contributed by atoms with Crippen molar-refractivity contribution < 1.29 is 27.5 Å². The van der Waals surface area contributed by atoms with E-state index in [2.05, 4.69) is 0 Å². The average Bonchev–Trinajstić information content (AvgIpc) is 3.01. The lowest BCUT2D eigenvalue weighted by molar-refractivity contribution is -0.146. The molecule has 1 amide bonds. The van der Waals surface area contributed by atoms with Crippen LogP contribution in [0.1, 0.15) is 29.8 Å². The van der Waals surface area contributed by atoms with Gasteiger partial charge in [-0.15, -0.1) is 0 Å². The summed E-state index contributed by atoms with van der Waals surface area (Å²) in [7, 11) is -3.34. The predicted molar refractivity (Wildman–Crippen MR) is 99.2 cm³/mol. The number of sulfonamides is 1. The van der Waals surface area contributed by atoms with Crippen molar-refractivity contribution in [3.63, 3.8) is 0 Å². The van der Waals surface area contributed by atoms with E-state index in [1.165, 1.54) is 10.4 Å². The van der Waals surface area contributed by atoms with E-state index in [1.54, 1.807) is 17.0 Å². The molecule has 2 heterocycles. The molecule has 148 valence electrons. The molecule has 0 saturated carbocycles. The maximum Gasteiger partial charge on any atom is 0.338 e. The number of amides is 1. The van der Waals surface area contributed by atoms with Gasteiger partial charge >= 0.3 is 5.97 Å². The van der Waals surface area contributed by atoms with Gasteiger partial charge in [-0.2, -0.15) is 0 Å². The number of carbonyl (C=O) groups is 2. The fourth-order valence-electron chi connectivity index (χ4n) is 3.53. The molecule has 27 heavy (non-hydrogen) atoms. The normalized spacial score (nSPS) is 22.5. The van der Waals surface area contributed by atoms with Gasteiger partial charge in [-0.05, 0) is 44.0 Å². The summed E-state index contributed by atoms with van der Waals surface area (Å²) in [4.78, 5) is 26.2. The monoisotopic (exact) mass is 396 g/mol. The topological polar surface area (TPSA) is 93.2 Å². The molecule has 1 aromatic carbocycles. The standard InChI is InChI=1S/C18H24N2O6S/c1-12-9-19(10-13(2)26-12)17(21)11-25-18(22)15-4-5-16-14(8-15)6-7-20(16)27(3,23)24/h4-5,8,12-13H,6-7,9-11H2,1-3H3/t12-,13-/m1/s1. The second kappa shape index (κ2) is 7.47. The molecule has 1 fully saturated rings. The fraction of sp³-hybridized carbons (Fsp3) is 0.556. The molecule has 0 unspecified atom stereocenters. The molecule has 3 rings (SSSR count). The van der Waals surface area contributed by atoms with E-state index in [0.29, 0.717) is 37.3 Å². The molecular formula is C18H24N2O6S. The molecule has 0 aliphatic carbocycles. The van der Waals surface area contributed by atoms with Crippen LogP contribution in [-0.2, 0) is 30.7 Å². The van der Waals surface area contributed by atoms with Gasteiger partial charge in [-0.25, -0.2) is 13.2 Å². The van der Waals surface area contributed by atoms with Gasteiger partial charge in [0.1, 0.15) is 0 Å². The first kappa shape index (κ1) is 19.6. The number of hydrogen-bond donors (Lipinski definition) is 0. The highest BCUT2D eigenvalue weighted by molar-refractivity contribution is 7.92. The Balaban J connectivity index is 1.61. The Kier molecular flexibility index (Phi) is 5.43. The van der Waals surface area contributed by atoms with Crippen molar-refractivity contribution in [3.8, 4) is 0 Å². The summed E-state index contributed by atoms with van der Waals surface area (Å²) in [5.41, 5.74) is 1.67. The smallest absolute Gasteiger partial charge is 0.338 e. The van der Waals surface area contributed by atoms with Gasteiger partial charge in [0.15, 0.2) is 6.61 Å². The van der Waals surface area contributed by atoms with Crippen LogP contribution in [-0.4, -0.2) is 69.9 Å². The number of morpholine rings is 1. The van der Waals surface area contributed by atoms with Crippen LogP contribution in [0.2, 0.25) is 0 Å². The molecule has 9 heteroatoms. The Morgan fingerprint density at radius 2 is 1.89 bits per heavy atom. The van der Waals surface area contributed by atoms with E-state index in [-0.39, 0.29) is 24.7 Å². The first-order valence-corrected chi connectivity index (χ1v) is 10.7. The van der Waals surface area contributed by atoms with Crippen molar-refractivity contribution in [2.75, 3.05) is 36.8 Å². The fourth-order valence-corrected chi connectivity index (χ4v) is 4.48. The van der Waals surface area contributed by atoms with Gasteiger partial charge in [-0.1, -0.05) is 0 Å². The van der Waals surface area contributed by atoms with Crippen molar-refractivity contribution in [3.05, 3.63) is 29.3 Å². The highest BCUT2D eigenvalue weighted by Crippen LogP contribution is 2.30. The van der Waals surface area contributed by atoms with E-state index < -0.39 is 16.0 Å². The number of nitrogens with zero attached hydrogens (tertiary/aromatic N) is 2. The molecule has 0 radical (unpaired) electrons. The first-order valence-electron chi connectivity index (χ1n) is 8.86. The van der Waals surface area contributed by atoms with Gasteiger partial charge < -0.3 is 14.4 Å². The van der Waals surface area contributed by atoms with Crippen LogP contribution in [0.15, 0.2) is 18.2 Å². The van der Waals surface area contributed by atoms with Crippen molar-refractivity contribution in [2.45, 2.75) is 32.5 Å². The van der Waals surface area contributed by atoms with E-state index in [9.17, 15) is 18.0 Å². The lowest BCUT2D eigenvalue weighted by Crippen LogP contribution is -2.49. The molecule has 1 aromatic rings. The number of benzene rings is 1. The molecule has 1 saturated heterocycles. The van der Waals surface area contributed by atoms with Crippen LogP contribution in [0.3, 0.4) is 0 Å². The summed E-state index contributed by atoms with van der Waals surface area (Å²) in [5, 5.41) is 0. The largest absolute Gasteiger partial charge is 0.452 e. The minimum Gasteiger partial charge on any atom is -0.452 e. The summed E-state index contributed by atoms with van der Waals surface area (Å²) in [6.45, 7) is 4.77. The molecule has 2 atom stereocenters. The Bertz CT molecular complexity index is 843. The van der Waals surface area contributed by atoms with Crippen molar-refractivity contribution in [1.29, 1.82) is 0 Å². The number of ether oxygens (including phenoxy) is 2. The Hall–Kier alpha value is -2.13. The Morgan fingerprint density at radius 3 is 2.52 bits per heavy atom. The third kappa shape index (κ3) is 4.41. The third-order valence-electron chi connectivity index (χ3n) is 4.67. The zero-order valence-electron chi connectivity index (χ0n) is 15.7. The van der Waals surface area contributed by atoms with Crippen molar-refractivity contribution in [2.24, 2.45) is 0 Å². The molecule has 0 spiro atoms. The van der Waals surface area contributed by atoms with Crippen LogP contribution >= 0.6 is 0 Å². The van der Waals surface area contributed by atoms with Gasteiger partial charge in [0.2, 0.25) is 10.0 Å². The third-order valence-corrected chi connectivity index (χ3v) is 5.85. The Morgan fingerprint density at radius 1 is 1.22 bits per heavy atom. The van der Waals surface area contributed by atoms with Crippen LogP contribution in [0.5, 0.6) is 0 Å². The summed E-state index contributed by atoms with van der Waals surface area (Å²) in [5.74, 6) is -0.854. The van der Waals surface area contributed by atoms with E-state index in [4.69, 9.17) is 9.47 Å². The van der Waals surface area contributed by atoms with Gasteiger partial charge in [0.25, 0.3) is 5.91 Å². The second-order valence-corrected chi connectivity index (χ2v) is 8.97. The van der Waals surface area contributed by atoms with E-state index in [1.807, 2.05) is 13.8 Å². The zero-order chi connectivity index (χ0) is 19.8. The van der Waals surface area contributed by atoms with Crippen LogP contribution in [0, 0.1) is 0 Å². The minimum absolute atomic E-state index is 0.0529. The maximum atomic E-state index is 12.3. The van der Waals surface area contributed by atoms with Gasteiger partial charge in [-0.3, -0.25) is 9.10 Å². The highest BCUT2D eigenvalue weighted by atomic mass is 32.2. The van der Waals surface area contributed by atoms with Gasteiger partial charge in [0.05, 0.1) is 29.7 Å². The lowest BCUT2D eigenvalue weighted by atomic mass is 10.1. The number of fused-ring (bicyclic) bond motifs is 1. The summed E-state index contributed by atoms with van der Waals surface area (Å²) >= 11 is 0. The highest BCUT2D eigenvalue weighted by Gasteiger charge is 2.28. The van der Waals surface area contributed by atoms with Crippen LogP contribution < -0.4 is 4.31 Å². The number of esters is 1. The van der Waals surface area contributed by atoms with Crippen LogP contribution in [0.25, 0.3) is 0 Å². The summed E-state index contributed by atoms with van der Waals surface area (Å²) < 4.78 is 35.6. The molecule has 8 nitrogen and oxygen atoms in total. The van der Waals surface area contributed by atoms with Crippen molar-refractivity contribution in [1.82, 2.24) is 4.90 Å². The Labute approximate surface area is 159 Å². The van der Waals surface area contributed by atoms with Crippen molar-refractivity contribution >= 4 is 27.6 Å². The number of rotatable bonds is 4. The lowest BCUT2D eigenvalue weighted by Gasteiger charge is -2.35. The van der Waals surface area contributed by atoms with Gasteiger partial charge in [0, 0.05) is 19.6 Å². The molecule has 0 bridgehead atoms. The minimum atomic E-state index is -3.34. The molecular weight excluding hydrogens is 372 g/mol. The molecule has 0 N–H and O–H groups in total. The molecule has 0 aromatic heterocycles. The van der Waals surface area contributed by atoms with E-state index >= 15 is 0 Å². The number of carbonyl (C=O) groups excluding carboxylic acids is 2. The zero-order valence-corrected chi connectivity index (χ0v) is 16.5. The second-order valence-electron chi connectivity index (χ2n) is 7.06. The SMILES string of the molecule is C[C@@H]1CN(C(=O)COC(=O)c2ccc3c(c2)CCN3S(C)(=O)=O)C[C@@H](C)O1. The first-order chi connectivity index (χ1) is 12.6. The van der Waals surface area contributed by atoms with Crippen LogP contribution in [0.4, 0.5) is 5.69 Å². The van der Waals surface area contributed by atoms with E-state index in [0.717, 1.165) is 11.8 Å². The molecule has 2 aliphatic rings. The summed E-state index contributed by atoms with van der Waals surface area (Å²) in [6, 6.07) is 4.76. The quantitative estimate of drug-likeness (QED) is 0.699.